The maximum Gasteiger partial charge on any atom is 0.0656 e. The zero-order valence-electron chi connectivity index (χ0n) is 25.9. The van der Waals surface area contributed by atoms with E-state index in [-0.39, 0.29) is 17.1 Å². The van der Waals surface area contributed by atoms with Gasteiger partial charge in [0.25, 0.3) is 0 Å². The highest BCUT2D eigenvalue weighted by molar-refractivity contribution is 4.90. The second-order valence-electron chi connectivity index (χ2n) is 14.5. The maximum absolute atomic E-state index is 10.0. The average molecular weight is 519 g/mol. The first-order chi connectivity index (χ1) is 15.9. The largest absolute Gasteiger partial charge is 0.390 e. The van der Waals surface area contributed by atoms with Gasteiger partial charge in [-0.25, -0.2) is 0 Å². The average Bonchev–Trinajstić information content (AvgIpc) is 2.63. The van der Waals surface area contributed by atoms with E-state index in [4.69, 9.17) is 14.2 Å². The molecule has 3 N–H and O–H groups in total. The summed E-state index contributed by atoms with van der Waals surface area (Å²) in [6.07, 6.45) is 6.14. The van der Waals surface area contributed by atoms with Crippen LogP contribution in [0.1, 0.15) is 134 Å². The number of rotatable bonds is 20. The van der Waals surface area contributed by atoms with Crippen molar-refractivity contribution >= 4 is 0 Å². The van der Waals surface area contributed by atoms with Crippen LogP contribution in [0.4, 0.5) is 0 Å². The topological polar surface area (TPSA) is 88.4 Å². The van der Waals surface area contributed by atoms with Crippen molar-refractivity contribution in [3.63, 3.8) is 0 Å². The van der Waals surface area contributed by atoms with Gasteiger partial charge in [0.15, 0.2) is 0 Å². The van der Waals surface area contributed by atoms with Gasteiger partial charge in [-0.15, -0.1) is 0 Å². The third-order valence-electron chi connectivity index (χ3n) is 6.72. The highest BCUT2D eigenvalue weighted by atomic mass is 16.5. The molecule has 0 spiro atoms. The molecule has 0 heterocycles. The van der Waals surface area contributed by atoms with Crippen molar-refractivity contribution in [2.45, 2.75) is 168 Å². The van der Waals surface area contributed by atoms with Crippen LogP contribution in [-0.4, -0.2) is 68.7 Å². The van der Waals surface area contributed by atoms with E-state index in [2.05, 4.69) is 41.5 Å². The summed E-state index contributed by atoms with van der Waals surface area (Å²) in [4.78, 5) is 0. The summed E-state index contributed by atoms with van der Waals surface area (Å²) in [5.74, 6) is 0.174. The molecular formula is C30H62O6. The molecule has 0 fully saturated rings. The van der Waals surface area contributed by atoms with Gasteiger partial charge in [-0.2, -0.15) is 0 Å². The molecule has 0 aliphatic rings. The third kappa shape index (κ3) is 19.8. The standard InChI is InChI=1S/C30H62O6/c1-25(2,31)16-13-19-34-28(7,8)22-24(30(11,12)36-21-15-18-27(5,6)33)23-29(9,10)35-20-14-17-26(3,4)32/h24,31-33H,13-23H2,1-12H3. The Kier molecular flexibility index (Phi) is 14.1. The number of hydrogen-bond donors (Lipinski definition) is 3. The molecule has 6 heteroatoms. The molecule has 0 aromatic heterocycles. The molecule has 0 rings (SSSR count). The van der Waals surface area contributed by atoms with Crippen LogP contribution < -0.4 is 0 Å². The van der Waals surface area contributed by atoms with E-state index in [1.807, 2.05) is 41.5 Å². The van der Waals surface area contributed by atoms with Gasteiger partial charge in [-0.3, -0.25) is 0 Å². The predicted molar refractivity (Wildman–Crippen MR) is 149 cm³/mol. The quantitative estimate of drug-likeness (QED) is 0.161. The molecule has 0 aliphatic heterocycles. The molecule has 0 aromatic carbocycles. The molecule has 0 saturated heterocycles. The lowest BCUT2D eigenvalue weighted by Crippen LogP contribution is -2.44. The van der Waals surface area contributed by atoms with Crippen LogP contribution in [0.2, 0.25) is 0 Å². The van der Waals surface area contributed by atoms with Crippen molar-refractivity contribution in [1.82, 2.24) is 0 Å². The molecule has 0 amide bonds. The van der Waals surface area contributed by atoms with Gasteiger partial charge in [0, 0.05) is 19.8 Å². The molecule has 0 aliphatic carbocycles. The fourth-order valence-electron chi connectivity index (χ4n) is 4.53. The highest BCUT2D eigenvalue weighted by Crippen LogP contribution is 2.38. The van der Waals surface area contributed by atoms with Crippen molar-refractivity contribution in [1.29, 1.82) is 0 Å². The van der Waals surface area contributed by atoms with E-state index >= 15 is 0 Å². The van der Waals surface area contributed by atoms with Crippen LogP contribution in [0.15, 0.2) is 0 Å². The van der Waals surface area contributed by atoms with Gasteiger partial charge in [-0.05, 0) is 140 Å². The maximum atomic E-state index is 10.0. The summed E-state index contributed by atoms with van der Waals surface area (Å²) >= 11 is 0. The number of ether oxygens (including phenoxy) is 3. The molecule has 0 atom stereocenters. The van der Waals surface area contributed by atoms with Gasteiger partial charge >= 0.3 is 0 Å². The Bertz CT molecular complexity index is 554. The van der Waals surface area contributed by atoms with Crippen molar-refractivity contribution in [3.05, 3.63) is 0 Å². The minimum absolute atomic E-state index is 0.174. The molecule has 0 aromatic rings. The molecule has 0 radical (unpaired) electrons. The molecule has 0 bridgehead atoms. The fourth-order valence-corrected chi connectivity index (χ4v) is 4.53. The second kappa shape index (κ2) is 14.2. The minimum Gasteiger partial charge on any atom is -0.390 e. The van der Waals surface area contributed by atoms with Crippen LogP contribution in [0.5, 0.6) is 0 Å². The molecule has 218 valence electrons. The lowest BCUT2D eigenvalue weighted by atomic mass is 9.76. The molecule has 36 heavy (non-hydrogen) atoms. The minimum atomic E-state index is -0.690. The van der Waals surface area contributed by atoms with Crippen LogP contribution in [-0.2, 0) is 14.2 Å². The third-order valence-corrected chi connectivity index (χ3v) is 6.72. The Balaban J connectivity index is 5.28. The molecule has 0 unspecified atom stereocenters. The Morgan fingerprint density at radius 3 is 1.03 bits per heavy atom. The van der Waals surface area contributed by atoms with Gasteiger partial charge in [-0.1, -0.05) is 0 Å². The van der Waals surface area contributed by atoms with Gasteiger partial charge < -0.3 is 29.5 Å². The van der Waals surface area contributed by atoms with E-state index in [9.17, 15) is 15.3 Å². The van der Waals surface area contributed by atoms with E-state index in [0.29, 0.717) is 39.1 Å². The van der Waals surface area contributed by atoms with Crippen LogP contribution in [0.25, 0.3) is 0 Å². The summed E-state index contributed by atoms with van der Waals surface area (Å²) in [6.45, 7) is 25.6. The summed E-state index contributed by atoms with van der Waals surface area (Å²) in [7, 11) is 0. The lowest BCUT2D eigenvalue weighted by Gasteiger charge is -2.43. The monoisotopic (exact) mass is 518 g/mol. The Morgan fingerprint density at radius 1 is 0.472 bits per heavy atom. The van der Waals surface area contributed by atoms with Crippen molar-refractivity contribution in [3.8, 4) is 0 Å². The Hall–Kier alpha value is -0.240. The highest BCUT2D eigenvalue weighted by Gasteiger charge is 2.39. The smallest absolute Gasteiger partial charge is 0.0656 e. The predicted octanol–water partition coefficient (Wildman–Crippen LogP) is 6.42. The van der Waals surface area contributed by atoms with Gasteiger partial charge in [0.05, 0.1) is 33.6 Å². The zero-order chi connectivity index (χ0) is 28.5. The van der Waals surface area contributed by atoms with Crippen LogP contribution >= 0.6 is 0 Å². The number of hydrogen-bond acceptors (Lipinski definition) is 6. The van der Waals surface area contributed by atoms with Gasteiger partial charge in [0.1, 0.15) is 0 Å². The first-order valence-electron chi connectivity index (χ1n) is 14.0. The Morgan fingerprint density at radius 2 is 0.750 bits per heavy atom. The normalized spacial score (nSPS) is 14.7. The summed E-state index contributed by atoms with van der Waals surface area (Å²) in [6, 6.07) is 0. The zero-order valence-corrected chi connectivity index (χ0v) is 25.9. The van der Waals surface area contributed by atoms with Crippen molar-refractivity contribution in [2.75, 3.05) is 19.8 Å². The summed E-state index contributed by atoms with van der Waals surface area (Å²) in [5, 5.41) is 30.0. The van der Waals surface area contributed by atoms with Crippen LogP contribution in [0.3, 0.4) is 0 Å². The number of aliphatic hydroxyl groups is 3. The molecule has 6 nitrogen and oxygen atoms in total. The SMILES string of the molecule is CC(C)(O)CCCOC(C)(C)CC(CC(C)(C)OCCCC(C)(C)O)C(C)(C)OCCCC(C)(C)O. The van der Waals surface area contributed by atoms with Crippen molar-refractivity contribution < 1.29 is 29.5 Å². The Labute approximate surface area is 223 Å². The van der Waals surface area contributed by atoms with E-state index < -0.39 is 22.4 Å². The summed E-state index contributed by atoms with van der Waals surface area (Å²) < 4.78 is 19.0. The summed E-state index contributed by atoms with van der Waals surface area (Å²) in [5.41, 5.74) is -3.15. The second-order valence-corrected chi connectivity index (χ2v) is 14.5. The van der Waals surface area contributed by atoms with E-state index in [0.717, 1.165) is 32.1 Å². The molecule has 0 saturated carbocycles. The van der Waals surface area contributed by atoms with Crippen molar-refractivity contribution in [2.24, 2.45) is 5.92 Å². The molecular weight excluding hydrogens is 456 g/mol. The lowest BCUT2D eigenvalue weighted by molar-refractivity contribution is -0.128. The van der Waals surface area contributed by atoms with Crippen LogP contribution in [0, 0.1) is 5.92 Å². The van der Waals surface area contributed by atoms with E-state index in [1.165, 1.54) is 0 Å². The van der Waals surface area contributed by atoms with Gasteiger partial charge in [0.2, 0.25) is 0 Å². The fraction of sp³-hybridized carbons (Fsp3) is 1.00. The first-order valence-corrected chi connectivity index (χ1v) is 14.0. The first kappa shape index (κ1) is 35.8. The van der Waals surface area contributed by atoms with E-state index in [1.54, 1.807) is 0 Å².